The van der Waals surface area contributed by atoms with Gasteiger partial charge in [-0.15, -0.1) is 11.3 Å². The normalized spacial score (nSPS) is 19.0. The molecular formula is C22H20FNO3S. The van der Waals surface area contributed by atoms with Crippen molar-refractivity contribution in [1.29, 1.82) is 0 Å². The first-order valence-corrected chi connectivity index (χ1v) is 10.4. The van der Waals surface area contributed by atoms with Crippen molar-refractivity contribution in [2.75, 3.05) is 19.8 Å². The van der Waals surface area contributed by atoms with Crippen LogP contribution >= 0.6 is 11.3 Å². The maximum absolute atomic E-state index is 13.5. The standard InChI is InChI=1S/C22H20FNO3S/c23-16-6-4-15-12-21(28-20(15)13-16)22(25)24-8-1-3-17(24)14-5-7-18-19(11-14)27-10-2-9-26-18/h4-7,11-13,17H,1-3,8-10H2. The monoisotopic (exact) mass is 397 g/mol. The molecule has 2 aliphatic rings. The van der Waals surface area contributed by atoms with Crippen molar-refractivity contribution in [3.05, 3.63) is 58.7 Å². The number of thiophene rings is 1. The zero-order chi connectivity index (χ0) is 19.1. The average Bonchev–Trinajstić information content (AvgIpc) is 3.28. The van der Waals surface area contributed by atoms with Crippen LogP contribution in [-0.4, -0.2) is 30.6 Å². The van der Waals surface area contributed by atoms with Gasteiger partial charge in [0.05, 0.1) is 24.1 Å². The lowest BCUT2D eigenvalue weighted by Crippen LogP contribution is -2.29. The van der Waals surface area contributed by atoms with Crippen LogP contribution in [0.1, 0.15) is 40.5 Å². The van der Waals surface area contributed by atoms with Gasteiger partial charge in [-0.2, -0.15) is 0 Å². The highest BCUT2D eigenvalue weighted by Gasteiger charge is 2.32. The first kappa shape index (κ1) is 17.5. The van der Waals surface area contributed by atoms with Gasteiger partial charge in [-0.05, 0) is 54.1 Å². The number of benzene rings is 2. The van der Waals surface area contributed by atoms with Crippen molar-refractivity contribution in [3.63, 3.8) is 0 Å². The van der Waals surface area contributed by atoms with Gasteiger partial charge in [0.25, 0.3) is 5.91 Å². The minimum Gasteiger partial charge on any atom is -0.490 e. The van der Waals surface area contributed by atoms with Gasteiger partial charge in [-0.1, -0.05) is 12.1 Å². The zero-order valence-corrected chi connectivity index (χ0v) is 16.1. The highest BCUT2D eigenvalue weighted by Crippen LogP contribution is 2.39. The molecule has 1 aromatic heterocycles. The summed E-state index contributed by atoms with van der Waals surface area (Å²) < 4.78 is 25.8. The van der Waals surface area contributed by atoms with E-state index in [4.69, 9.17) is 9.47 Å². The smallest absolute Gasteiger partial charge is 0.264 e. The molecule has 1 fully saturated rings. The van der Waals surface area contributed by atoms with Crippen molar-refractivity contribution >= 4 is 27.3 Å². The predicted octanol–water partition coefficient (Wildman–Crippen LogP) is 5.18. The fraction of sp³-hybridized carbons (Fsp3) is 0.318. The Morgan fingerprint density at radius 3 is 2.79 bits per heavy atom. The molecule has 0 N–H and O–H groups in total. The molecule has 3 heterocycles. The van der Waals surface area contributed by atoms with Gasteiger partial charge in [0.2, 0.25) is 0 Å². The summed E-state index contributed by atoms with van der Waals surface area (Å²) in [4.78, 5) is 15.8. The van der Waals surface area contributed by atoms with Crippen LogP contribution in [0.5, 0.6) is 11.5 Å². The van der Waals surface area contributed by atoms with Gasteiger partial charge >= 0.3 is 0 Å². The van der Waals surface area contributed by atoms with Crippen molar-refractivity contribution < 1.29 is 18.7 Å². The van der Waals surface area contributed by atoms with Crippen LogP contribution in [-0.2, 0) is 0 Å². The van der Waals surface area contributed by atoms with Crippen molar-refractivity contribution in [1.82, 2.24) is 4.90 Å². The molecule has 0 radical (unpaired) electrons. The molecular weight excluding hydrogens is 377 g/mol. The van der Waals surface area contributed by atoms with Gasteiger partial charge in [0, 0.05) is 17.7 Å². The van der Waals surface area contributed by atoms with E-state index < -0.39 is 0 Å². The molecule has 1 unspecified atom stereocenters. The molecule has 1 saturated heterocycles. The van der Waals surface area contributed by atoms with Crippen LogP contribution in [0.15, 0.2) is 42.5 Å². The summed E-state index contributed by atoms with van der Waals surface area (Å²) in [6, 6.07) is 12.5. The van der Waals surface area contributed by atoms with E-state index in [1.165, 1.54) is 23.5 Å². The van der Waals surface area contributed by atoms with Crippen molar-refractivity contribution in [2.45, 2.75) is 25.3 Å². The quantitative estimate of drug-likeness (QED) is 0.598. The van der Waals surface area contributed by atoms with Gasteiger partial charge < -0.3 is 14.4 Å². The van der Waals surface area contributed by atoms with Crippen LogP contribution in [0.2, 0.25) is 0 Å². The number of likely N-dealkylation sites (tertiary alicyclic amines) is 1. The molecule has 0 saturated carbocycles. The van der Waals surface area contributed by atoms with Crippen LogP contribution in [0.3, 0.4) is 0 Å². The van der Waals surface area contributed by atoms with E-state index in [0.717, 1.165) is 53.0 Å². The molecule has 1 atom stereocenters. The minimum absolute atomic E-state index is 0.0104. The molecule has 5 rings (SSSR count). The summed E-state index contributed by atoms with van der Waals surface area (Å²) in [6.45, 7) is 2.02. The van der Waals surface area contributed by atoms with E-state index in [0.29, 0.717) is 18.1 Å². The molecule has 0 bridgehead atoms. The van der Waals surface area contributed by atoms with Gasteiger partial charge in [0.1, 0.15) is 5.82 Å². The number of rotatable bonds is 2. The summed E-state index contributed by atoms with van der Waals surface area (Å²) >= 11 is 1.35. The maximum atomic E-state index is 13.5. The average molecular weight is 397 g/mol. The summed E-state index contributed by atoms with van der Waals surface area (Å²) in [6.07, 6.45) is 2.75. The summed E-state index contributed by atoms with van der Waals surface area (Å²) in [5.74, 6) is 1.26. The van der Waals surface area contributed by atoms with E-state index in [-0.39, 0.29) is 17.8 Å². The number of hydrogen-bond donors (Lipinski definition) is 0. The molecule has 3 aromatic rings. The van der Waals surface area contributed by atoms with Crippen molar-refractivity contribution in [2.24, 2.45) is 0 Å². The topological polar surface area (TPSA) is 38.8 Å². The molecule has 2 aromatic carbocycles. The fourth-order valence-electron chi connectivity index (χ4n) is 4.00. The fourth-order valence-corrected chi connectivity index (χ4v) is 5.04. The second-order valence-corrected chi connectivity index (χ2v) is 8.29. The number of hydrogen-bond acceptors (Lipinski definition) is 4. The number of halogens is 1. The Balaban J connectivity index is 1.44. The van der Waals surface area contributed by atoms with Crippen LogP contribution in [0.4, 0.5) is 4.39 Å². The van der Waals surface area contributed by atoms with Crippen molar-refractivity contribution in [3.8, 4) is 11.5 Å². The third kappa shape index (κ3) is 3.11. The Morgan fingerprint density at radius 1 is 1.04 bits per heavy atom. The Bertz CT molecular complexity index is 1050. The Morgan fingerprint density at radius 2 is 1.89 bits per heavy atom. The number of fused-ring (bicyclic) bond motifs is 2. The molecule has 144 valence electrons. The van der Waals surface area contributed by atoms with Crippen LogP contribution in [0.25, 0.3) is 10.1 Å². The number of nitrogens with zero attached hydrogens (tertiary/aromatic N) is 1. The maximum Gasteiger partial charge on any atom is 0.264 e. The van der Waals surface area contributed by atoms with Crippen LogP contribution in [0, 0.1) is 5.82 Å². The number of ether oxygens (including phenoxy) is 2. The van der Waals surface area contributed by atoms with E-state index in [1.54, 1.807) is 6.07 Å². The Labute approximate surface area is 166 Å². The molecule has 0 spiro atoms. The molecule has 28 heavy (non-hydrogen) atoms. The van der Waals surface area contributed by atoms with Gasteiger partial charge in [0.15, 0.2) is 11.5 Å². The highest BCUT2D eigenvalue weighted by molar-refractivity contribution is 7.20. The zero-order valence-electron chi connectivity index (χ0n) is 15.3. The third-order valence-corrected chi connectivity index (χ3v) is 6.45. The van der Waals surface area contributed by atoms with Gasteiger partial charge in [-0.25, -0.2) is 4.39 Å². The number of carbonyl (C=O) groups is 1. The minimum atomic E-state index is -0.278. The molecule has 6 heteroatoms. The van der Waals surface area contributed by atoms with Gasteiger partial charge in [-0.3, -0.25) is 4.79 Å². The lowest BCUT2D eigenvalue weighted by atomic mass is 10.0. The molecule has 1 amide bonds. The second-order valence-electron chi connectivity index (χ2n) is 7.21. The van der Waals surface area contributed by atoms with E-state index in [2.05, 4.69) is 0 Å². The predicted molar refractivity (Wildman–Crippen MR) is 107 cm³/mol. The first-order valence-electron chi connectivity index (χ1n) is 9.59. The largest absolute Gasteiger partial charge is 0.490 e. The number of carbonyl (C=O) groups excluding carboxylic acids is 1. The summed E-state index contributed by atoms with van der Waals surface area (Å²) in [5.41, 5.74) is 1.07. The van der Waals surface area contributed by atoms with E-state index in [1.807, 2.05) is 29.2 Å². The Kier molecular flexibility index (Phi) is 4.43. The summed E-state index contributed by atoms with van der Waals surface area (Å²) in [5, 5.41) is 0.904. The Hall–Kier alpha value is -2.60. The summed E-state index contributed by atoms with van der Waals surface area (Å²) in [7, 11) is 0. The first-order chi connectivity index (χ1) is 13.7. The van der Waals surface area contributed by atoms with E-state index in [9.17, 15) is 9.18 Å². The number of amides is 1. The van der Waals surface area contributed by atoms with E-state index >= 15 is 0 Å². The van der Waals surface area contributed by atoms with Crippen LogP contribution < -0.4 is 9.47 Å². The lowest BCUT2D eigenvalue weighted by Gasteiger charge is -2.25. The molecule has 2 aliphatic heterocycles. The second kappa shape index (κ2) is 7.09. The highest BCUT2D eigenvalue weighted by atomic mass is 32.1. The third-order valence-electron chi connectivity index (χ3n) is 5.36. The lowest BCUT2D eigenvalue weighted by molar-refractivity contribution is 0.0740. The molecule has 0 aliphatic carbocycles. The molecule has 4 nitrogen and oxygen atoms in total. The SMILES string of the molecule is O=C(c1cc2ccc(F)cc2s1)N1CCCC1c1ccc2c(c1)OCCCO2.